The van der Waals surface area contributed by atoms with Crippen molar-refractivity contribution in [1.29, 1.82) is 0 Å². The van der Waals surface area contributed by atoms with Gasteiger partial charge in [-0.3, -0.25) is 0 Å². The first-order chi connectivity index (χ1) is 6.70. The maximum Gasteiger partial charge on any atom is 0.145 e. The Bertz CT molecular complexity index is 351. The molecule has 0 bridgehead atoms. The van der Waals surface area contributed by atoms with Crippen LogP contribution in [0.25, 0.3) is 0 Å². The Balaban J connectivity index is 2.54. The molecule has 0 fully saturated rings. The normalized spacial score (nSPS) is 21.5. The van der Waals surface area contributed by atoms with Gasteiger partial charge in [-0.25, -0.2) is 4.39 Å². The Morgan fingerprint density at radius 1 is 1.50 bits per heavy atom. The van der Waals surface area contributed by atoms with Gasteiger partial charge in [-0.1, -0.05) is 24.6 Å². The van der Waals surface area contributed by atoms with Gasteiger partial charge in [0, 0.05) is 6.54 Å². The molecule has 0 aliphatic carbocycles. The van der Waals surface area contributed by atoms with Gasteiger partial charge in [0.05, 0.1) is 5.02 Å². The van der Waals surface area contributed by atoms with Crippen molar-refractivity contribution in [2.75, 3.05) is 13.1 Å². The lowest BCUT2D eigenvalue weighted by Gasteiger charge is -2.13. The topological polar surface area (TPSA) is 12.0 Å². The van der Waals surface area contributed by atoms with Crippen molar-refractivity contribution in [3.8, 4) is 0 Å². The minimum Gasteiger partial charge on any atom is -0.316 e. The summed E-state index contributed by atoms with van der Waals surface area (Å²) in [6.45, 7) is 3.76. The molecule has 1 aliphatic heterocycles. The monoisotopic (exact) mass is 213 g/mol. The Labute approximate surface area is 88.3 Å². The molecule has 76 valence electrons. The minimum atomic E-state index is -0.236. The number of halogens is 2. The van der Waals surface area contributed by atoms with Gasteiger partial charge in [0.25, 0.3) is 0 Å². The van der Waals surface area contributed by atoms with Crippen LogP contribution in [0.2, 0.25) is 5.02 Å². The first-order valence-corrected chi connectivity index (χ1v) is 5.25. The van der Waals surface area contributed by atoms with Crippen molar-refractivity contribution in [2.45, 2.75) is 19.3 Å². The molecular weight excluding hydrogens is 201 g/mol. The van der Waals surface area contributed by atoms with E-state index in [1.165, 1.54) is 0 Å². The van der Waals surface area contributed by atoms with Crippen molar-refractivity contribution in [3.63, 3.8) is 0 Å². The zero-order valence-corrected chi connectivity index (χ0v) is 8.87. The van der Waals surface area contributed by atoms with E-state index in [2.05, 4.69) is 5.32 Å². The summed E-state index contributed by atoms with van der Waals surface area (Å²) in [6, 6.07) is 3.58. The molecule has 1 aliphatic rings. The number of fused-ring (bicyclic) bond motifs is 1. The SMILES string of the molecule is C[C@H]1CNCCc2ccc(Cl)c(F)c21. The van der Waals surface area contributed by atoms with Crippen LogP contribution < -0.4 is 5.32 Å². The molecule has 0 amide bonds. The molecule has 0 spiro atoms. The highest BCUT2D eigenvalue weighted by atomic mass is 35.5. The van der Waals surface area contributed by atoms with Crippen LogP contribution in [-0.4, -0.2) is 13.1 Å². The smallest absolute Gasteiger partial charge is 0.145 e. The molecule has 0 unspecified atom stereocenters. The fraction of sp³-hybridized carbons (Fsp3) is 0.455. The average molecular weight is 214 g/mol. The van der Waals surface area contributed by atoms with Crippen molar-refractivity contribution in [2.24, 2.45) is 0 Å². The molecule has 0 saturated heterocycles. The van der Waals surface area contributed by atoms with E-state index in [1.807, 2.05) is 13.0 Å². The highest BCUT2D eigenvalue weighted by Gasteiger charge is 2.20. The standard InChI is InChI=1S/C11H13ClFN/c1-7-6-14-5-4-8-2-3-9(12)11(13)10(7)8/h2-3,7,14H,4-6H2,1H3/t7-/m0/s1. The number of nitrogens with one attached hydrogen (secondary N) is 1. The molecule has 0 aromatic heterocycles. The fourth-order valence-electron chi connectivity index (χ4n) is 2.00. The van der Waals surface area contributed by atoms with E-state index in [0.29, 0.717) is 0 Å². The molecule has 1 atom stereocenters. The summed E-state index contributed by atoms with van der Waals surface area (Å²) in [4.78, 5) is 0. The molecule has 0 radical (unpaired) electrons. The summed E-state index contributed by atoms with van der Waals surface area (Å²) in [5.41, 5.74) is 1.88. The van der Waals surface area contributed by atoms with Crippen LogP contribution in [0, 0.1) is 5.82 Å². The number of hydrogen-bond donors (Lipinski definition) is 1. The molecule has 2 rings (SSSR count). The van der Waals surface area contributed by atoms with Crippen LogP contribution in [0.15, 0.2) is 12.1 Å². The van der Waals surface area contributed by atoms with Crippen molar-refractivity contribution >= 4 is 11.6 Å². The molecule has 1 N–H and O–H groups in total. The van der Waals surface area contributed by atoms with Crippen molar-refractivity contribution in [3.05, 3.63) is 34.1 Å². The second kappa shape index (κ2) is 3.87. The number of benzene rings is 1. The molecule has 14 heavy (non-hydrogen) atoms. The summed E-state index contributed by atoms with van der Waals surface area (Å²) in [6.07, 6.45) is 0.883. The van der Waals surface area contributed by atoms with Crippen LogP contribution >= 0.6 is 11.6 Å². The fourth-order valence-corrected chi connectivity index (χ4v) is 2.17. The van der Waals surface area contributed by atoms with Crippen LogP contribution in [0.4, 0.5) is 4.39 Å². The van der Waals surface area contributed by atoms with E-state index in [0.717, 1.165) is 30.6 Å². The number of rotatable bonds is 0. The lowest BCUT2D eigenvalue weighted by molar-refractivity contribution is 0.577. The molecule has 1 nitrogen and oxygen atoms in total. The maximum absolute atomic E-state index is 13.8. The predicted octanol–water partition coefficient (Wildman–Crippen LogP) is 2.73. The van der Waals surface area contributed by atoms with Gasteiger partial charge in [0.1, 0.15) is 5.82 Å². The van der Waals surface area contributed by atoms with Gasteiger partial charge in [-0.2, -0.15) is 0 Å². The molecule has 1 aromatic rings. The summed E-state index contributed by atoms with van der Waals surface area (Å²) in [7, 11) is 0. The quantitative estimate of drug-likeness (QED) is 0.699. The maximum atomic E-state index is 13.8. The molecule has 3 heteroatoms. The lowest BCUT2D eigenvalue weighted by atomic mass is 9.95. The predicted molar refractivity (Wildman–Crippen MR) is 56.4 cm³/mol. The third-order valence-electron chi connectivity index (χ3n) is 2.74. The zero-order valence-electron chi connectivity index (χ0n) is 8.11. The van der Waals surface area contributed by atoms with Crippen LogP contribution in [0.3, 0.4) is 0 Å². The Kier molecular flexibility index (Phi) is 2.75. The van der Waals surface area contributed by atoms with Gasteiger partial charge >= 0.3 is 0 Å². The van der Waals surface area contributed by atoms with Crippen LogP contribution in [-0.2, 0) is 6.42 Å². The van der Waals surface area contributed by atoms with E-state index in [-0.39, 0.29) is 16.8 Å². The second-order valence-electron chi connectivity index (χ2n) is 3.79. The molecule has 0 saturated carbocycles. The minimum absolute atomic E-state index is 0.200. The van der Waals surface area contributed by atoms with Gasteiger partial charge < -0.3 is 5.32 Å². The third kappa shape index (κ3) is 1.64. The van der Waals surface area contributed by atoms with E-state index in [9.17, 15) is 4.39 Å². The van der Waals surface area contributed by atoms with Gasteiger partial charge in [-0.15, -0.1) is 0 Å². The first-order valence-electron chi connectivity index (χ1n) is 4.87. The summed E-state index contributed by atoms with van der Waals surface area (Å²) >= 11 is 5.77. The second-order valence-corrected chi connectivity index (χ2v) is 4.20. The summed E-state index contributed by atoms with van der Waals surface area (Å²) < 4.78 is 13.8. The Morgan fingerprint density at radius 3 is 3.07 bits per heavy atom. The van der Waals surface area contributed by atoms with Crippen molar-refractivity contribution in [1.82, 2.24) is 5.32 Å². The molecule has 1 heterocycles. The molecule has 1 aromatic carbocycles. The number of hydrogen-bond acceptors (Lipinski definition) is 1. The first kappa shape index (κ1) is 9.94. The van der Waals surface area contributed by atoms with E-state index >= 15 is 0 Å². The average Bonchev–Trinajstić information content (AvgIpc) is 2.35. The summed E-state index contributed by atoms with van der Waals surface area (Å²) in [5.74, 6) is -0.0356. The van der Waals surface area contributed by atoms with Crippen LogP contribution in [0.5, 0.6) is 0 Å². The zero-order chi connectivity index (χ0) is 10.1. The highest BCUT2D eigenvalue weighted by Crippen LogP contribution is 2.29. The molecular formula is C11H13ClFN. The lowest BCUT2D eigenvalue weighted by Crippen LogP contribution is -2.18. The highest BCUT2D eigenvalue weighted by molar-refractivity contribution is 6.30. The Morgan fingerprint density at radius 2 is 2.29 bits per heavy atom. The van der Waals surface area contributed by atoms with Crippen molar-refractivity contribution < 1.29 is 4.39 Å². The largest absolute Gasteiger partial charge is 0.316 e. The van der Waals surface area contributed by atoms with Crippen LogP contribution in [0.1, 0.15) is 24.0 Å². The Hall–Kier alpha value is -0.600. The summed E-state index contributed by atoms with van der Waals surface area (Å²) in [5, 5.41) is 3.51. The van der Waals surface area contributed by atoms with E-state index in [4.69, 9.17) is 11.6 Å². The van der Waals surface area contributed by atoms with E-state index in [1.54, 1.807) is 6.07 Å². The van der Waals surface area contributed by atoms with E-state index < -0.39 is 0 Å². The van der Waals surface area contributed by atoms with Gasteiger partial charge in [0.15, 0.2) is 0 Å². The van der Waals surface area contributed by atoms with Gasteiger partial charge in [0.2, 0.25) is 0 Å². The third-order valence-corrected chi connectivity index (χ3v) is 3.03. The van der Waals surface area contributed by atoms with Gasteiger partial charge in [-0.05, 0) is 36.1 Å².